The molecule has 0 aromatic heterocycles. The number of ether oxygens (including phenoxy) is 5. The Bertz CT molecular complexity index is 960. The Kier molecular flexibility index (Phi) is 6.58. The van der Waals surface area contributed by atoms with Crippen molar-refractivity contribution >= 4 is 23.6 Å². The second kappa shape index (κ2) is 9.50. The third kappa shape index (κ3) is 5.10. The molecule has 2 N–H and O–H groups in total. The molecule has 3 rings (SSSR count). The summed E-state index contributed by atoms with van der Waals surface area (Å²) < 4.78 is 25.9. The van der Waals surface area contributed by atoms with Crippen LogP contribution in [0.3, 0.4) is 0 Å². The SMILES string of the molecule is COc1ccc(C(=O)OCC(=O)NC(=O)Nc2ccc3c(c2)OCCO3)c(OC)c1. The minimum Gasteiger partial charge on any atom is -0.497 e. The maximum atomic E-state index is 12.2. The van der Waals surface area contributed by atoms with E-state index in [4.69, 9.17) is 23.7 Å². The molecule has 0 saturated heterocycles. The van der Waals surface area contributed by atoms with Crippen LogP contribution in [0.25, 0.3) is 0 Å². The fourth-order valence-corrected chi connectivity index (χ4v) is 2.62. The minimum absolute atomic E-state index is 0.117. The highest BCUT2D eigenvalue weighted by atomic mass is 16.6. The van der Waals surface area contributed by atoms with E-state index in [-0.39, 0.29) is 11.3 Å². The number of anilines is 1. The summed E-state index contributed by atoms with van der Waals surface area (Å²) in [5.41, 5.74) is 0.524. The first-order valence-corrected chi connectivity index (χ1v) is 8.90. The van der Waals surface area contributed by atoms with Gasteiger partial charge in [-0.1, -0.05) is 0 Å². The molecule has 0 radical (unpaired) electrons. The lowest BCUT2D eigenvalue weighted by Crippen LogP contribution is -2.37. The molecule has 0 atom stereocenters. The minimum atomic E-state index is -0.800. The molecule has 0 spiro atoms. The first-order chi connectivity index (χ1) is 14.5. The average molecular weight is 416 g/mol. The second-order valence-corrected chi connectivity index (χ2v) is 6.00. The van der Waals surface area contributed by atoms with Crippen LogP contribution in [0, 0.1) is 0 Å². The van der Waals surface area contributed by atoms with Gasteiger partial charge in [-0.15, -0.1) is 0 Å². The van der Waals surface area contributed by atoms with Crippen molar-refractivity contribution in [3.8, 4) is 23.0 Å². The number of rotatable bonds is 6. The zero-order valence-electron chi connectivity index (χ0n) is 16.4. The first kappa shape index (κ1) is 20.8. The Morgan fingerprint density at radius 1 is 0.967 bits per heavy atom. The van der Waals surface area contributed by atoms with Gasteiger partial charge in [-0.3, -0.25) is 10.1 Å². The topological polar surface area (TPSA) is 121 Å². The number of carbonyl (C=O) groups excluding carboxylic acids is 3. The lowest BCUT2D eigenvalue weighted by molar-refractivity contribution is -0.123. The van der Waals surface area contributed by atoms with Gasteiger partial charge in [0.25, 0.3) is 5.91 Å². The fourth-order valence-electron chi connectivity index (χ4n) is 2.62. The van der Waals surface area contributed by atoms with Crippen LogP contribution in [0.4, 0.5) is 10.5 Å². The summed E-state index contributed by atoms with van der Waals surface area (Å²) in [4.78, 5) is 36.1. The zero-order chi connectivity index (χ0) is 21.5. The van der Waals surface area contributed by atoms with Crippen LogP contribution >= 0.6 is 0 Å². The number of hydrogen-bond donors (Lipinski definition) is 2. The second-order valence-electron chi connectivity index (χ2n) is 6.00. The van der Waals surface area contributed by atoms with Crippen LogP contribution in [0.1, 0.15) is 10.4 Å². The van der Waals surface area contributed by atoms with E-state index >= 15 is 0 Å². The highest BCUT2D eigenvalue weighted by Gasteiger charge is 2.18. The van der Waals surface area contributed by atoms with E-state index in [1.54, 1.807) is 24.3 Å². The van der Waals surface area contributed by atoms with Gasteiger partial charge in [-0.05, 0) is 24.3 Å². The molecule has 1 aliphatic rings. The third-order valence-electron chi connectivity index (χ3n) is 4.02. The molecule has 158 valence electrons. The third-order valence-corrected chi connectivity index (χ3v) is 4.02. The quantitative estimate of drug-likeness (QED) is 0.686. The van der Waals surface area contributed by atoms with Gasteiger partial charge < -0.3 is 29.0 Å². The number of imide groups is 1. The van der Waals surface area contributed by atoms with Gasteiger partial charge in [-0.25, -0.2) is 9.59 Å². The van der Waals surface area contributed by atoms with Gasteiger partial charge in [0.05, 0.1) is 14.2 Å². The van der Waals surface area contributed by atoms with Crippen molar-refractivity contribution in [1.82, 2.24) is 5.32 Å². The van der Waals surface area contributed by atoms with E-state index in [9.17, 15) is 14.4 Å². The number of carbonyl (C=O) groups is 3. The molecule has 2 aromatic rings. The molecular formula is C20H20N2O8. The summed E-state index contributed by atoms with van der Waals surface area (Å²) in [5, 5.41) is 4.56. The molecule has 1 aliphatic heterocycles. The number of benzene rings is 2. The van der Waals surface area contributed by atoms with E-state index in [0.29, 0.717) is 36.1 Å². The normalized spacial score (nSPS) is 11.8. The van der Waals surface area contributed by atoms with Crippen LogP contribution in [0.5, 0.6) is 23.0 Å². The van der Waals surface area contributed by atoms with Crippen LogP contribution in [-0.2, 0) is 9.53 Å². The van der Waals surface area contributed by atoms with Crippen molar-refractivity contribution in [2.75, 3.05) is 39.4 Å². The highest BCUT2D eigenvalue weighted by Crippen LogP contribution is 2.32. The maximum absolute atomic E-state index is 12.2. The maximum Gasteiger partial charge on any atom is 0.342 e. The van der Waals surface area contributed by atoms with Crippen molar-refractivity contribution < 1.29 is 38.1 Å². The summed E-state index contributed by atoms with van der Waals surface area (Å²) in [6.07, 6.45) is 0. The van der Waals surface area contributed by atoms with Crippen LogP contribution < -0.4 is 29.6 Å². The summed E-state index contributed by atoms with van der Waals surface area (Å²) in [6, 6.07) is 8.57. The highest BCUT2D eigenvalue weighted by molar-refractivity contribution is 6.02. The standard InChI is InChI=1S/C20H20N2O8/c1-26-13-4-5-14(16(10-13)27-2)19(24)30-11-18(23)22-20(25)21-12-3-6-15-17(9-12)29-8-7-28-15/h3-6,9-10H,7-8,11H2,1-2H3,(H2,21,22,23,25). The monoisotopic (exact) mass is 416 g/mol. The van der Waals surface area contributed by atoms with E-state index in [2.05, 4.69) is 10.6 Å². The van der Waals surface area contributed by atoms with Crippen LogP contribution in [0.2, 0.25) is 0 Å². The number of nitrogens with one attached hydrogen (secondary N) is 2. The molecule has 10 heteroatoms. The number of hydrogen-bond acceptors (Lipinski definition) is 8. The Morgan fingerprint density at radius 2 is 1.73 bits per heavy atom. The molecular weight excluding hydrogens is 396 g/mol. The Hall–Kier alpha value is -3.95. The van der Waals surface area contributed by atoms with Gasteiger partial charge >= 0.3 is 12.0 Å². The van der Waals surface area contributed by atoms with Crippen molar-refractivity contribution in [3.05, 3.63) is 42.0 Å². The lowest BCUT2D eigenvalue weighted by atomic mass is 10.2. The lowest BCUT2D eigenvalue weighted by Gasteiger charge is -2.19. The molecule has 0 fully saturated rings. The molecule has 0 aliphatic carbocycles. The Morgan fingerprint density at radius 3 is 2.47 bits per heavy atom. The summed E-state index contributed by atoms with van der Waals surface area (Å²) in [6.45, 7) is 0.212. The van der Waals surface area contributed by atoms with E-state index in [0.717, 1.165) is 0 Å². The van der Waals surface area contributed by atoms with Crippen LogP contribution in [-0.4, -0.2) is 51.9 Å². The fraction of sp³-hybridized carbons (Fsp3) is 0.250. The van der Waals surface area contributed by atoms with E-state index in [1.807, 2.05) is 0 Å². The van der Waals surface area contributed by atoms with E-state index < -0.39 is 24.5 Å². The molecule has 10 nitrogen and oxygen atoms in total. The summed E-state index contributed by atoms with van der Waals surface area (Å²) in [7, 11) is 2.87. The summed E-state index contributed by atoms with van der Waals surface area (Å²) >= 11 is 0. The average Bonchev–Trinajstić information content (AvgIpc) is 2.76. The zero-order valence-corrected chi connectivity index (χ0v) is 16.4. The molecule has 2 aromatic carbocycles. The molecule has 1 heterocycles. The predicted octanol–water partition coefficient (Wildman–Crippen LogP) is 1.98. The number of esters is 1. The van der Waals surface area contributed by atoms with E-state index in [1.165, 1.54) is 26.4 Å². The van der Waals surface area contributed by atoms with Gasteiger partial charge in [0.2, 0.25) is 0 Å². The van der Waals surface area contributed by atoms with Gasteiger partial charge in [0, 0.05) is 17.8 Å². The number of amides is 3. The summed E-state index contributed by atoms with van der Waals surface area (Å²) in [5.74, 6) is 0.215. The molecule has 0 saturated carbocycles. The molecule has 30 heavy (non-hydrogen) atoms. The van der Waals surface area contributed by atoms with Crippen molar-refractivity contribution in [3.63, 3.8) is 0 Å². The van der Waals surface area contributed by atoms with Gasteiger partial charge in [0.15, 0.2) is 18.1 Å². The first-order valence-electron chi connectivity index (χ1n) is 8.90. The Labute approximate surface area is 172 Å². The van der Waals surface area contributed by atoms with Crippen molar-refractivity contribution in [2.24, 2.45) is 0 Å². The molecule has 0 unspecified atom stereocenters. The Balaban J connectivity index is 1.50. The van der Waals surface area contributed by atoms with Crippen molar-refractivity contribution in [1.29, 1.82) is 0 Å². The number of urea groups is 1. The smallest absolute Gasteiger partial charge is 0.342 e. The van der Waals surface area contributed by atoms with Gasteiger partial charge in [0.1, 0.15) is 30.3 Å². The van der Waals surface area contributed by atoms with Gasteiger partial charge in [-0.2, -0.15) is 0 Å². The largest absolute Gasteiger partial charge is 0.497 e. The number of fused-ring (bicyclic) bond motifs is 1. The van der Waals surface area contributed by atoms with Crippen molar-refractivity contribution in [2.45, 2.75) is 0 Å². The predicted molar refractivity (Wildman–Crippen MR) is 104 cm³/mol. The van der Waals surface area contributed by atoms with Crippen LogP contribution in [0.15, 0.2) is 36.4 Å². The number of methoxy groups -OCH3 is 2. The molecule has 0 bridgehead atoms. The molecule has 3 amide bonds.